The van der Waals surface area contributed by atoms with Crippen molar-refractivity contribution in [1.29, 1.82) is 0 Å². The average Bonchev–Trinajstić information content (AvgIpc) is 3.95. The molecule has 5 heterocycles. The molecule has 0 unspecified atom stereocenters. The zero-order chi connectivity index (χ0) is 36.7. The number of pyridine rings is 2. The summed E-state index contributed by atoms with van der Waals surface area (Å²) in [5.74, 6) is 2.01. The fourth-order valence-corrected chi connectivity index (χ4v) is 9.53. The second-order valence-electron chi connectivity index (χ2n) is 14.0. The summed E-state index contributed by atoms with van der Waals surface area (Å²) in [6.45, 7) is 0. The van der Waals surface area contributed by atoms with Crippen LogP contribution in [0.15, 0.2) is 170 Å². The molecule has 0 atom stereocenters. The van der Waals surface area contributed by atoms with Gasteiger partial charge in [-0.1, -0.05) is 132 Å². The van der Waals surface area contributed by atoms with E-state index in [1.165, 1.54) is 20.2 Å². The molecule has 0 fully saturated rings. The first-order valence-electron chi connectivity index (χ1n) is 18.6. The Morgan fingerprint density at radius 2 is 1.26 bits per heavy atom. The Bertz CT molecular complexity index is 3500. The fourth-order valence-electron chi connectivity index (χ4n) is 8.42. The van der Waals surface area contributed by atoms with Gasteiger partial charge in [0.15, 0.2) is 0 Å². The second-order valence-corrected chi connectivity index (χ2v) is 15.1. The predicted octanol–water partition coefficient (Wildman–Crippen LogP) is 12.3. The van der Waals surface area contributed by atoms with Gasteiger partial charge in [-0.3, -0.25) is 4.98 Å². The largest absolute Gasteiger partial charge is 0.503 e. The third kappa shape index (κ3) is 5.18. The van der Waals surface area contributed by atoms with Crippen LogP contribution in [0.25, 0.3) is 97.6 Å². The van der Waals surface area contributed by atoms with Crippen LogP contribution in [0.3, 0.4) is 0 Å². The molecule has 0 aliphatic rings. The minimum atomic E-state index is 0. The Morgan fingerprint density at radius 1 is 0.579 bits per heavy atom. The topological polar surface area (TPSA) is 45.3 Å². The number of para-hydroxylation sites is 1. The van der Waals surface area contributed by atoms with Crippen LogP contribution in [0.5, 0.6) is 11.5 Å². The van der Waals surface area contributed by atoms with Crippen molar-refractivity contribution in [3.8, 4) is 39.8 Å². The summed E-state index contributed by atoms with van der Waals surface area (Å²) in [4.78, 5) is 10.2. The van der Waals surface area contributed by atoms with Crippen molar-refractivity contribution in [1.82, 2.24) is 14.5 Å². The Morgan fingerprint density at radius 3 is 2.07 bits per heavy atom. The van der Waals surface area contributed by atoms with E-state index < -0.39 is 0 Å². The van der Waals surface area contributed by atoms with Crippen molar-refractivity contribution in [2.45, 2.75) is 0 Å². The summed E-state index contributed by atoms with van der Waals surface area (Å²) >= 11 is 1.82. The van der Waals surface area contributed by atoms with Gasteiger partial charge in [0.05, 0.1) is 22.6 Å². The molecule has 7 heteroatoms. The first-order valence-corrected chi connectivity index (χ1v) is 19.4. The minimum Gasteiger partial charge on any atom is -0.503 e. The molecule has 57 heavy (non-hydrogen) atoms. The van der Waals surface area contributed by atoms with E-state index >= 15 is 0 Å². The summed E-state index contributed by atoms with van der Waals surface area (Å²) in [6.07, 6.45) is 1.84. The van der Waals surface area contributed by atoms with Crippen LogP contribution in [0, 0.1) is 12.1 Å². The van der Waals surface area contributed by atoms with Crippen molar-refractivity contribution in [3.63, 3.8) is 0 Å². The fraction of sp³-hybridized carbons (Fsp3) is 0. The Labute approximate surface area is 345 Å². The van der Waals surface area contributed by atoms with Crippen LogP contribution in [-0.2, 0) is 21.1 Å². The van der Waals surface area contributed by atoms with Crippen molar-refractivity contribution in [2.24, 2.45) is 0 Å². The zero-order valence-corrected chi connectivity index (χ0v) is 33.2. The molecule has 0 N–H and O–H groups in total. The van der Waals surface area contributed by atoms with Gasteiger partial charge in [0.1, 0.15) is 5.82 Å². The molecule has 0 bridgehead atoms. The first kappa shape index (κ1) is 33.7. The number of aromatic nitrogens is 4. The average molecular weight is 928 g/mol. The van der Waals surface area contributed by atoms with E-state index in [1.54, 1.807) is 0 Å². The van der Waals surface area contributed by atoms with E-state index in [0.717, 1.165) is 77.5 Å². The number of hydrogen-bond acceptors (Lipinski definition) is 3. The van der Waals surface area contributed by atoms with Crippen molar-refractivity contribution in [3.05, 3.63) is 182 Å². The summed E-state index contributed by atoms with van der Waals surface area (Å²) in [5.41, 5.74) is 8.04. The number of rotatable bonds is 5. The van der Waals surface area contributed by atoms with Gasteiger partial charge in [-0.15, -0.1) is 41.0 Å². The van der Waals surface area contributed by atoms with E-state index in [0.29, 0.717) is 11.5 Å². The number of ether oxygens (including phenoxy) is 1. The van der Waals surface area contributed by atoms with Gasteiger partial charge in [-0.05, 0) is 46.7 Å². The summed E-state index contributed by atoms with van der Waals surface area (Å²) in [6, 6.07) is 64.2. The number of thiophene rings is 1. The predicted molar refractivity (Wildman–Crippen MR) is 228 cm³/mol. The Kier molecular flexibility index (Phi) is 7.85. The molecule has 0 radical (unpaired) electrons. The van der Waals surface area contributed by atoms with Crippen LogP contribution in [0.1, 0.15) is 0 Å². The quantitative estimate of drug-likeness (QED) is 0.0981. The van der Waals surface area contributed by atoms with Gasteiger partial charge in [-0.2, -0.15) is 6.07 Å². The maximum Gasteiger partial charge on any atom is 0.135 e. The van der Waals surface area contributed by atoms with Crippen LogP contribution in [0.4, 0.5) is 0 Å². The molecular formula is C50H28N4OPtS-2. The molecule has 12 rings (SSSR count). The van der Waals surface area contributed by atoms with Crippen molar-refractivity contribution < 1.29 is 30.2 Å². The number of imidazole rings is 1. The first-order chi connectivity index (χ1) is 27.8. The number of hydrogen-bond donors (Lipinski definition) is 0. The molecule has 0 saturated carbocycles. The van der Waals surface area contributed by atoms with E-state index in [-0.39, 0.29) is 21.1 Å². The van der Waals surface area contributed by atoms with Gasteiger partial charge < -0.3 is 13.7 Å². The molecule has 5 nitrogen and oxygen atoms in total. The Balaban J connectivity index is 0.00000374. The second kappa shape index (κ2) is 13.3. The van der Waals surface area contributed by atoms with Crippen LogP contribution in [-0.4, -0.2) is 9.55 Å². The van der Waals surface area contributed by atoms with E-state index in [9.17, 15) is 0 Å². The van der Waals surface area contributed by atoms with E-state index in [1.807, 2.05) is 47.9 Å². The van der Waals surface area contributed by atoms with Crippen LogP contribution in [0.2, 0.25) is 0 Å². The maximum absolute atomic E-state index is 6.71. The Hall–Kier alpha value is -6.59. The monoisotopic (exact) mass is 927 g/mol. The smallest absolute Gasteiger partial charge is 0.135 e. The molecule has 0 aliphatic carbocycles. The van der Waals surface area contributed by atoms with Gasteiger partial charge >= 0.3 is 0 Å². The molecule has 0 aliphatic heterocycles. The molecule has 0 spiro atoms. The molecule has 0 saturated heterocycles. The third-order valence-corrected chi connectivity index (χ3v) is 11.9. The summed E-state index contributed by atoms with van der Waals surface area (Å²) < 4.78 is 13.7. The molecular weight excluding hydrogens is 900 g/mol. The number of benzene rings is 7. The summed E-state index contributed by atoms with van der Waals surface area (Å²) in [7, 11) is 0. The van der Waals surface area contributed by atoms with Gasteiger partial charge in [0.2, 0.25) is 0 Å². The van der Waals surface area contributed by atoms with Crippen molar-refractivity contribution >= 4 is 80.6 Å². The normalized spacial score (nSPS) is 11.7. The number of fused-ring (bicyclic) bond motifs is 13. The maximum atomic E-state index is 6.71. The van der Waals surface area contributed by atoms with E-state index in [2.05, 4.69) is 155 Å². The van der Waals surface area contributed by atoms with Crippen LogP contribution < -0.4 is 14.1 Å². The zero-order valence-electron chi connectivity index (χ0n) is 30.1. The third-order valence-electron chi connectivity index (χ3n) is 10.8. The SMILES string of the molecule is [Pt].[c-]1c(Oc2[c-]c3c(cc2)c2ccc4sc5ccccc5c4c2n3-c2ccccn2)ccc2c1c1[n-]c(-c3ccccc3)c(-c3ccccc3)[n+]1c1ccccc21. The molecule has 0 amide bonds. The van der Waals surface area contributed by atoms with Gasteiger partial charge in [0.25, 0.3) is 0 Å². The minimum absolute atomic E-state index is 0. The number of nitrogens with zero attached hydrogens (tertiary/aromatic N) is 4. The van der Waals surface area contributed by atoms with Crippen molar-refractivity contribution in [2.75, 3.05) is 0 Å². The van der Waals surface area contributed by atoms with E-state index in [4.69, 9.17) is 14.7 Å². The van der Waals surface area contributed by atoms with Crippen LogP contribution >= 0.6 is 11.3 Å². The standard InChI is InChI=1S/C50H28N4OS.Pt/c1-3-13-31(14-4-1)47-48(32-15-5-2-6-16-32)54-41-19-9-7-17-36(41)35-24-22-33(29-40(35)50(54)52-47)55-34-23-25-37-38-26-27-44-46(39-18-8-10-20-43(39)56-44)49(38)53(42(37)30-34)45-21-11-12-28-51-45;/h1-28H;/q-2;. The molecule has 7 aromatic carbocycles. The molecule has 272 valence electrons. The van der Waals surface area contributed by atoms with Gasteiger partial charge in [0, 0.05) is 70.0 Å². The summed E-state index contributed by atoms with van der Waals surface area (Å²) in [5, 5.41) is 7.77. The van der Waals surface area contributed by atoms with Gasteiger partial charge in [-0.25, -0.2) is 4.98 Å². The molecule has 5 aromatic heterocycles. The molecule has 12 aromatic rings.